The van der Waals surface area contributed by atoms with Crippen LogP contribution in [-0.4, -0.2) is 37.7 Å². The minimum atomic E-state index is 0.412. The van der Waals surface area contributed by atoms with Crippen LogP contribution in [0.2, 0.25) is 5.02 Å². The van der Waals surface area contributed by atoms with Gasteiger partial charge in [-0.2, -0.15) is 0 Å². The van der Waals surface area contributed by atoms with Gasteiger partial charge in [-0.15, -0.1) is 0 Å². The Kier molecular flexibility index (Phi) is 5.55. The molecule has 1 fully saturated rings. The molecule has 0 spiro atoms. The lowest BCUT2D eigenvalue weighted by molar-refractivity contribution is 0.197. The van der Waals surface area contributed by atoms with Crippen LogP contribution >= 0.6 is 11.6 Å². The van der Waals surface area contributed by atoms with Crippen molar-refractivity contribution in [3.63, 3.8) is 0 Å². The van der Waals surface area contributed by atoms with E-state index in [1.54, 1.807) is 0 Å². The topological polar surface area (TPSA) is 24.5 Å². The molecule has 1 heterocycles. The highest BCUT2D eigenvalue weighted by Crippen LogP contribution is 2.30. The third kappa shape index (κ3) is 4.03. The zero-order valence-electron chi connectivity index (χ0n) is 12.7. The minimum absolute atomic E-state index is 0.412. The summed E-state index contributed by atoms with van der Waals surface area (Å²) < 4.78 is 5.67. The third-order valence-electron chi connectivity index (χ3n) is 3.99. The fourth-order valence-corrected chi connectivity index (χ4v) is 3.05. The zero-order chi connectivity index (χ0) is 14.5. The maximum absolute atomic E-state index is 6.11. The van der Waals surface area contributed by atoms with E-state index in [4.69, 9.17) is 16.3 Å². The van der Waals surface area contributed by atoms with Crippen LogP contribution in [0.5, 0.6) is 5.75 Å². The molecule has 1 N–H and O–H groups in total. The molecule has 2 atom stereocenters. The van der Waals surface area contributed by atoms with E-state index in [0.29, 0.717) is 18.6 Å². The first-order valence-electron chi connectivity index (χ1n) is 7.47. The number of nitrogens with zero attached hydrogens (tertiary/aromatic N) is 1. The molecule has 1 aliphatic heterocycles. The molecular weight excluding hydrogens is 272 g/mol. The summed E-state index contributed by atoms with van der Waals surface area (Å²) in [4.78, 5) is 2.41. The molecule has 1 saturated heterocycles. The molecule has 4 heteroatoms. The molecule has 1 aliphatic rings. The monoisotopic (exact) mass is 296 g/mol. The Morgan fingerprint density at radius 2 is 2.30 bits per heavy atom. The quantitative estimate of drug-likeness (QED) is 0.892. The number of nitrogens with one attached hydrogen (secondary N) is 1. The summed E-state index contributed by atoms with van der Waals surface area (Å²) in [6.45, 7) is 7.28. The second-order valence-corrected chi connectivity index (χ2v) is 6.11. The Labute approximate surface area is 127 Å². The first-order chi connectivity index (χ1) is 9.60. The molecule has 3 nitrogen and oxygen atoms in total. The van der Waals surface area contributed by atoms with E-state index < -0.39 is 0 Å². The van der Waals surface area contributed by atoms with Gasteiger partial charge in [-0.1, -0.05) is 11.6 Å². The van der Waals surface area contributed by atoms with E-state index >= 15 is 0 Å². The Morgan fingerprint density at radius 1 is 1.50 bits per heavy atom. The molecule has 0 radical (unpaired) electrons. The van der Waals surface area contributed by atoms with Crippen LogP contribution in [0.15, 0.2) is 18.2 Å². The van der Waals surface area contributed by atoms with Crippen molar-refractivity contribution in [3.8, 4) is 5.75 Å². The van der Waals surface area contributed by atoms with Crippen LogP contribution in [0, 0.1) is 5.92 Å². The van der Waals surface area contributed by atoms with Crippen molar-refractivity contribution in [1.29, 1.82) is 0 Å². The number of halogens is 1. The van der Waals surface area contributed by atoms with Gasteiger partial charge in [-0.25, -0.2) is 0 Å². The highest BCUT2D eigenvalue weighted by Gasteiger charge is 2.23. The normalized spacial score (nSPS) is 21.5. The van der Waals surface area contributed by atoms with E-state index in [1.165, 1.54) is 19.4 Å². The van der Waals surface area contributed by atoms with Crippen molar-refractivity contribution >= 4 is 17.3 Å². The number of rotatable bonds is 5. The summed E-state index contributed by atoms with van der Waals surface area (Å²) in [6.07, 6.45) is 2.56. The van der Waals surface area contributed by atoms with Crippen LogP contribution in [0.4, 0.5) is 5.69 Å². The van der Waals surface area contributed by atoms with E-state index in [1.807, 2.05) is 25.1 Å². The lowest BCUT2D eigenvalue weighted by Crippen LogP contribution is -2.39. The van der Waals surface area contributed by atoms with Gasteiger partial charge in [0.05, 0.1) is 12.3 Å². The second-order valence-electron chi connectivity index (χ2n) is 5.67. The third-order valence-corrected chi connectivity index (χ3v) is 4.23. The number of ether oxygens (including phenoxy) is 1. The van der Waals surface area contributed by atoms with Gasteiger partial charge in [-0.05, 0) is 64.4 Å². The molecular formula is C16H25ClN2O. The van der Waals surface area contributed by atoms with Crippen LogP contribution in [-0.2, 0) is 0 Å². The standard InChI is InChI=1S/C16H25ClN2O/c1-4-20-16-8-7-14(17)10-15(16)18-12(2)13-6-5-9-19(3)11-13/h7-8,10,12-13,18H,4-6,9,11H2,1-3H3. The van der Waals surface area contributed by atoms with E-state index in [0.717, 1.165) is 23.0 Å². The van der Waals surface area contributed by atoms with Crippen molar-refractivity contribution in [1.82, 2.24) is 4.90 Å². The van der Waals surface area contributed by atoms with E-state index in [2.05, 4.69) is 24.2 Å². The molecule has 2 unspecified atom stereocenters. The van der Waals surface area contributed by atoms with Crippen LogP contribution < -0.4 is 10.1 Å². The number of anilines is 1. The number of benzene rings is 1. The SMILES string of the molecule is CCOc1ccc(Cl)cc1NC(C)C1CCCN(C)C1. The van der Waals surface area contributed by atoms with Crippen molar-refractivity contribution in [3.05, 3.63) is 23.2 Å². The molecule has 2 rings (SSSR count). The van der Waals surface area contributed by atoms with Gasteiger partial charge in [0.1, 0.15) is 5.75 Å². The first-order valence-corrected chi connectivity index (χ1v) is 7.85. The van der Waals surface area contributed by atoms with Crippen LogP contribution in [0.3, 0.4) is 0 Å². The summed E-state index contributed by atoms with van der Waals surface area (Å²) in [6, 6.07) is 6.18. The lowest BCUT2D eigenvalue weighted by atomic mass is 9.91. The van der Waals surface area contributed by atoms with Gasteiger partial charge in [-0.3, -0.25) is 0 Å². The number of hydrogen-bond acceptors (Lipinski definition) is 3. The maximum Gasteiger partial charge on any atom is 0.142 e. The van der Waals surface area contributed by atoms with Gasteiger partial charge in [0.15, 0.2) is 0 Å². The summed E-state index contributed by atoms with van der Waals surface area (Å²) in [5.74, 6) is 1.55. The van der Waals surface area contributed by atoms with Gasteiger partial charge in [0.25, 0.3) is 0 Å². The maximum atomic E-state index is 6.11. The van der Waals surface area contributed by atoms with Crippen LogP contribution in [0.25, 0.3) is 0 Å². The zero-order valence-corrected chi connectivity index (χ0v) is 13.4. The molecule has 0 bridgehead atoms. The Hall–Kier alpha value is -0.930. The van der Waals surface area contributed by atoms with Gasteiger partial charge >= 0.3 is 0 Å². The lowest BCUT2D eigenvalue weighted by Gasteiger charge is -2.34. The summed E-state index contributed by atoms with van der Waals surface area (Å²) >= 11 is 6.11. The Balaban J connectivity index is 2.06. The van der Waals surface area contributed by atoms with Crippen LogP contribution in [0.1, 0.15) is 26.7 Å². The fraction of sp³-hybridized carbons (Fsp3) is 0.625. The van der Waals surface area contributed by atoms with Gasteiger partial charge < -0.3 is 15.0 Å². The molecule has 0 amide bonds. The molecule has 0 aliphatic carbocycles. The Morgan fingerprint density at radius 3 is 3.00 bits per heavy atom. The molecule has 0 saturated carbocycles. The smallest absolute Gasteiger partial charge is 0.142 e. The highest BCUT2D eigenvalue weighted by atomic mass is 35.5. The van der Waals surface area contributed by atoms with E-state index in [9.17, 15) is 0 Å². The van der Waals surface area contributed by atoms with Gasteiger partial charge in [0.2, 0.25) is 0 Å². The summed E-state index contributed by atoms with van der Waals surface area (Å²) in [5, 5.41) is 4.33. The molecule has 1 aromatic rings. The minimum Gasteiger partial charge on any atom is -0.492 e. The average molecular weight is 297 g/mol. The second kappa shape index (κ2) is 7.19. The predicted octanol–water partition coefficient (Wildman–Crippen LogP) is 3.88. The molecule has 0 aromatic heterocycles. The fourth-order valence-electron chi connectivity index (χ4n) is 2.87. The summed E-state index contributed by atoms with van der Waals surface area (Å²) in [7, 11) is 2.20. The first kappa shape index (κ1) is 15.5. The van der Waals surface area contributed by atoms with Crippen molar-refractivity contribution in [2.75, 3.05) is 32.1 Å². The van der Waals surface area contributed by atoms with Gasteiger partial charge in [0, 0.05) is 17.6 Å². The Bertz CT molecular complexity index is 438. The highest BCUT2D eigenvalue weighted by molar-refractivity contribution is 6.30. The largest absolute Gasteiger partial charge is 0.492 e. The molecule has 112 valence electrons. The number of hydrogen-bond donors (Lipinski definition) is 1. The van der Waals surface area contributed by atoms with Crippen molar-refractivity contribution < 1.29 is 4.74 Å². The summed E-state index contributed by atoms with van der Waals surface area (Å²) in [5.41, 5.74) is 1.00. The average Bonchev–Trinajstić information content (AvgIpc) is 2.42. The predicted molar refractivity (Wildman–Crippen MR) is 85.9 cm³/mol. The molecule has 20 heavy (non-hydrogen) atoms. The number of likely N-dealkylation sites (tertiary alicyclic amines) is 1. The number of piperidine rings is 1. The van der Waals surface area contributed by atoms with E-state index in [-0.39, 0.29) is 0 Å². The molecule has 1 aromatic carbocycles. The van der Waals surface area contributed by atoms with Crippen molar-refractivity contribution in [2.45, 2.75) is 32.7 Å². The van der Waals surface area contributed by atoms with Crippen molar-refractivity contribution in [2.24, 2.45) is 5.92 Å².